The summed E-state index contributed by atoms with van der Waals surface area (Å²) < 4.78 is 20.2. The Labute approximate surface area is 222 Å². The standard InChI is InChI=1S/C30H22FN3O3S/c31-20-6-8-21(9-7-20)33-28(35)30(15-16-30)29(36)34-22-10-12-23(13-11-22)37-25-14-17-32-24-18-26(38-27(24)25)19-4-2-1-3-5-19/h1-14,17-18H,15-16H2,(H,33,35)(H,34,36). The number of anilines is 2. The van der Waals surface area contributed by atoms with Crippen molar-refractivity contribution in [1.82, 2.24) is 4.98 Å². The van der Waals surface area contributed by atoms with Crippen LogP contribution in [0.1, 0.15) is 12.8 Å². The van der Waals surface area contributed by atoms with Gasteiger partial charge in [0.1, 0.15) is 22.7 Å². The molecular formula is C30H22FN3O3S. The van der Waals surface area contributed by atoms with Gasteiger partial charge in [-0.15, -0.1) is 11.3 Å². The number of amides is 2. The Morgan fingerprint density at radius 1 is 0.842 bits per heavy atom. The highest BCUT2D eigenvalue weighted by molar-refractivity contribution is 7.22. The van der Waals surface area contributed by atoms with Crippen molar-refractivity contribution in [3.8, 4) is 21.9 Å². The van der Waals surface area contributed by atoms with Crippen LogP contribution < -0.4 is 15.4 Å². The van der Waals surface area contributed by atoms with E-state index in [1.54, 1.807) is 41.8 Å². The molecule has 1 saturated carbocycles. The van der Waals surface area contributed by atoms with Crippen molar-refractivity contribution in [2.24, 2.45) is 5.41 Å². The average Bonchev–Trinajstić information content (AvgIpc) is 3.64. The van der Waals surface area contributed by atoms with Gasteiger partial charge in [-0.3, -0.25) is 14.6 Å². The van der Waals surface area contributed by atoms with Crippen LogP contribution >= 0.6 is 11.3 Å². The summed E-state index contributed by atoms with van der Waals surface area (Å²) in [5, 5.41) is 5.55. The van der Waals surface area contributed by atoms with E-state index < -0.39 is 17.1 Å². The number of nitrogens with zero attached hydrogens (tertiary/aromatic N) is 1. The molecule has 0 aliphatic heterocycles. The number of benzene rings is 3. The van der Waals surface area contributed by atoms with Crippen LogP contribution in [0.25, 0.3) is 20.7 Å². The summed E-state index contributed by atoms with van der Waals surface area (Å²) in [6, 6.07) is 26.5. The third-order valence-corrected chi connectivity index (χ3v) is 7.68. The largest absolute Gasteiger partial charge is 0.456 e. The van der Waals surface area contributed by atoms with Gasteiger partial charge in [-0.05, 0) is 73.0 Å². The summed E-state index contributed by atoms with van der Waals surface area (Å²) in [6.45, 7) is 0. The lowest BCUT2D eigenvalue weighted by atomic mass is 10.0. The van der Waals surface area contributed by atoms with E-state index in [0.717, 1.165) is 20.7 Å². The maximum absolute atomic E-state index is 13.1. The predicted octanol–water partition coefficient (Wildman–Crippen LogP) is 7.25. The van der Waals surface area contributed by atoms with Crippen LogP contribution in [-0.2, 0) is 9.59 Å². The first kappa shape index (κ1) is 23.8. The molecule has 188 valence electrons. The number of fused-ring (bicyclic) bond motifs is 1. The van der Waals surface area contributed by atoms with Gasteiger partial charge in [-0.25, -0.2) is 4.39 Å². The van der Waals surface area contributed by atoms with Crippen molar-refractivity contribution < 1.29 is 18.7 Å². The van der Waals surface area contributed by atoms with E-state index in [-0.39, 0.29) is 5.91 Å². The lowest BCUT2D eigenvalue weighted by molar-refractivity contribution is -0.131. The van der Waals surface area contributed by atoms with Gasteiger partial charge < -0.3 is 15.4 Å². The van der Waals surface area contributed by atoms with Crippen molar-refractivity contribution in [1.29, 1.82) is 0 Å². The highest BCUT2D eigenvalue weighted by Gasteiger charge is 2.56. The molecule has 3 aromatic carbocycles. The van der Waals surface area contributed by atoms with Crippen LogP contribution in [0.5, 0.6) is 11.5 Å². The molecule has 2 aromatic heterocycles. The first-order valence-corrected chi connectivity index (χ1v) is 12.9. The average molecular weight is 524 g/mol. The van der Waals surface area contributed by atoms with Crippen molar-refractivity contribution in [2.75, 3.05) is 10.6 Å². The molecule has 0 radical (unpaired) electrons. The molecule has 5 aromatic rings. The van der Waals surface area contributed by atoms with Gasteiger partial charge in [0.15, 0.2) is 0 Å². The second-order valence-corrected chi connectivity index (χ2v) is 10.2. The van der Waals surface area contributed by atoms with E-state index in [4.69, 9.17) is 4.74 Å². The Morgan fingerprint density at radius 2 is 1.47 bits per heavy atom. The molecule has 2 heterocycles. The lowest BCUT2D eigenvalue weighted by Gasteiger charge is -2.16. The van der Waals surface area contributed by atoms with E-state index in [1.165, 1.54) is 24.3 Å². The van der Waals surface area contributed by atoms with Gasteiger partial charge >= 0.3 is 0 Å². The molecule has 2 N–H and O–H groups in total. The second-order valence-electron chi connectivity index (χ2n) is 9.12. The molecule has 0 spiro atoms. The molecule has 1 aliphatic rings. The van der Waals surface area contributed by atoms with E-state index in [9.17, 15) is 14.0 Å². The predicted molar refractivity (Wildman–Crippen MR) is 147 cm³/mol. The normalized spacial score (nSPS) is 13.6. The number of carbonyl (C=O) groups is 2. The van der Waals surface area contributed by atoms with Gasteiger partial charge in [-0.2, -0.15) is 0 Å². The van der Waals surface area contributed by atoms with Crippen molar-refractivity contribution >= 4 is 44.7 Å². The summed E-state index contributed by atoms with van der Waals surface area (Å²) >= 11 is 1.62. The molecule has 8 heteroatoms. The van der Waals surface area contributed by atoms with E-state index in [2.05, 4.69) is 33.8 Å². The summed E-state index contributed by atoms with van der Waals surface area (Å²) in [5.41, 5.74) is 1.88. The second kappa shape index (κ2) is 9.72. The lowest BCUT2D eigenvalue weighted by Crippen LogP contribution is -2.35. The first-order chi connectivity index (χ1) is 18.5. The molecule has 38 heavy (non-hydrogen) atoms. The van der Waals surface area contributed by atoms with Gasteiger partial charge in [0, 0.05) is 28.5 Å². The van der Waals surface area contributed by atoms with Crippen LogP contribution in [-0.4, -0.2) is 16.8 Å². The number of hydrogen-bond donors (Lipinski definition) is 2. The number of halogens is 1. The molecule has 0 bridgehead atoms. The van der Waals surface area contributed by atoms with Crippen molar-refractivity contribution in [3.05, 3.63) is 103 Å². The number of thiophene rings is 1. The minimum atomic E-state index is -1.12. The highest BCUT2D eigenvalue weighted by Crippen LogP contribution is 2.47. The molecule has 6 nitrogen and oxygen atoms in total. The topological polar surface area (TPSA) is 80.3 Å². The third-order valence-electron chi connectivity index (χ3n) is 6.50. The number of pyridine rings is 1. The molecule has 0 unspecified atom stereocenters. The van der Waals surface area contributed by atoms with Crippen LogP contribution in [0.4, 0.5) is 15.8 Å². The van der Waals surface area contributed by atoms with Crippen LogP contribution in [0.15, 0.2) is 97.2 Å². The number of hydrogen-bond acceptors (Lipinski definition) is 5. The molecule has 1 fully saturated rings. The Kier molecular flexibility index (Phi) is 6.09. The zero-order chi connectivity index (χ0) is 26.1. The van der Waals surface area contributed by atoms with Gasteiger partial charge in [-0.1, -0.05) is 30.3 Å². The van der Waals surface area contributed by atoms with Crippen molar-refractivity contribution in [3.63, 3.8) is 0 Å². The highest BCUT2D eigenvalue weighted by atomic mass is 32.1. The quantitative estimate of drug-likeness (QED) is 0.220. The maximum Gasteiger partial charge on any atom is 0.240 e. The van der Waals surface area contributed by atoms with Crippen LogP contribution in [0, 0.1) is 11.2 Å². The molecule has 0 saturated heterocycles. The Bertz CT molecular complexity index is 1630. The molecule has 0 atom stereocenters. The first-order valence-electron chi connectivity index (χ1n) is 12.1. The Morgan fingerprint density at radius 3 is 2.11 bits per heavy atom. The SMILES string of the molecule is O=C(Nc1ccc(F)cc1)C1(C(=O)Nc2ccc(Oc3ccnc4cc(-c5ccccc5)sc34)cc2)CC1. The van der Waals surface area contributed by atoms with E-state index >= 15 is 0 Å². The minimum absolute atomic E-state index is 0.367. The summed E-state index contributed by atoms with van der Waals surface area (Å²) in [6.07, 6.45) is 2.63. The number of aromatic nitrogens is 1. The van der Waals surface area contributed by atoms with Crippen molar-refractivity contribution in [2.45, 2.75) is 12.8 Å². The zero-order valence-corrected chi connectivity index (χ0v) is 20.9. The van der Waals surface area contributed by atoms with E-state index in [0.29, 0.717) is 35.7 Å². The van der Waals surface area contributed by atoms with E-state index in [1.807, 2.05) is 24.3 Å². The van der Waals surface area contributed by atoms with Gasteiger partial charge in [0.2, 0.25) is 11.8 Å². The van der Waals surface area contributed by atoms with Gasteiger partial charge in [0.25, 0.3) is 0 Å². The summed E-state index contributed by atoms with van der Waals surface area (Å²) in [4.78, 5) is 31.3. The Hall–Kier alpha value is -4.56. The zero-order valence-electron chi connectivity index (χ0n) is 20.1. The maximum atomic E-state index is 13.1. The molecule has 1 aliphatic carbocycles. The Balaban J connectivity index is 1.13. The van der Waals surface area contributed by atoms with Gasteiger partial charge in [0.05, 0.1) is 10.2 Å². The number of rotatable bonds is 7. The fourth-order valence-electron chi connectivity index (χ4n) is 4.19. The third kappa shape index (κ3) is 4.73. The fourth-order valence-corrected chi connectivity index (χ4v) is 5.26. The minimum Gasteiger partial charge on any atom is -0.456 e. The molecule has 6 rings (SSSR count). The fraction of sp³-hybridized carbons (Fsp3) is 0.100. The molecule has 2 amide bonds. The summed E-state index contributed by atoms with van der Waals surface area (Å²) in [7, 11) is 0. The number of nitrogens with one attached hydrogen (secondary N) is 2. The smallest absolute Gasteiger partial charge is 0.240 e. The molecular weight excluding hydrogens is 501 g/mol. The van der Waals surface area contributed by atoms with Crippen LogP contribution in [0.3, 0.4) is 0 Å². The monoisotopic (exact) mass is 523 g/mol. The number of ether oxygens (including phenoxy) is 1. The summed E-state index contributed by atoms with van der Waals surface area (Å²) in [5.74, 6) is 0.159. The number of carbonyl (C=O) groups excluding carboxylic acids is 2. The van der Waals surface area contributed by atoms with Crippen LogP contribution in [0.2, 0.25) is 0 Å².